The van der Waals surface area contributed by atoms with Gasteiger partial charge in [-0.2, -0.15) is 4.98 Å². The molecule has 2 aromatic heterocycles. The molecule has 2 heterocycles. The number of hydrogen-bond donors (Lipinski definition) is 1. The lowest BCUT2D eigenvalue weighted by molar-refractivity contribution is -0.384. The summed E-state index contributed by atoms with van der Waals surface area (Å²) in [6.45, 7) is 0. The molecule has 0 amide bonds. The van der Waals surface area contributed by atoms with Gasteiger partial charge in [0.1, 0.15) is 16.9 Å². The molecule has 7 nitrogen and oxygen atoms in total. The molecule has 1 N–H and O–H groups in total. The second kappa shape index (κ2) is 5.11. The second-order valence-electron chi connectivity index (χ2n) is 3.11. The van der Waals surface area contributed by atoms with Gasteiger partial charge in [-0.15, -0.1) is 0 Å². The first kappa shape index (κ1) is 12.5. The maximum Gasteiger partial charge on any atom is 0.310 e. The number of pyridine rings is 1. The zero-order chi connectivity index (χ0) is 13.1. The zero-order valence-electron chi connectivity index (χ0n) is 8.67. The number of nitro groups is 1. The van der Waals surface area contributed by atoms with E-state index in [2.05, 4.69) is 20.3 Å². The van der Waals surface area contributed by atoms with Crippen LogP contribution < -0.4 is 5.32 Å². The first-order valence-corrected chi connectivity index (χ1v) is 5.37. The van der Waals surface area contributed by atoms with Crippen LogP contribution in [0.4, 0.5) is 17.2 Å². The fourth-order valence-corrected chi connectivity index (χ4v) is 1.47. The molecule has 0 radical (unpaired) electrons. The van der Waals surface area contributed by atoms with E-state index >= 15 is 0 Å². The zero-order valence-corrected chi connectivity index (χ0v) is 10.2. The molecule has 0 saturated heterocycles. The van der Waals surface area contributed by atoms with Gasteiger partial charge < -0.3 is 5.32 Å². The molecule has 18 heavy (non-hydrogen) atoms. The molecule has 0 aliphatic heterocycles. The predicted molar refractivity (Wildman–Crippen MR) is 66.2 cm³/mol. The highest BCUT2D eigenvalue weighted by Crippen LogP contribution is 2.28. The number of nitrogens with zero attached hydrogens (tertiary/aromatic N) is 4. The highest BCUT2D eigenvalue weighted by atomic mass is 35.5. The summed E-state index contributed by atoms with van der Waals surface area (Å²) in [6.07, 6.45) is 3.83. The minimum Gasteiger partial charge on any atom is -0.333 e. The molecule has 0 unspecified atom stereocenters. The first-order valence-electron chi connectivity index (χ1n) is 4.61. The smallest absolute Gasteiger partial charge is 0.310 e. The number of nitrogens with one attached hydrogen (secondary N) is 1. The summed E-state index contributed by atoms with van der Waals surface area (Å²) in [7, 11) is 0. The molecule has 0 atom stereocenters. The van der Waals surface area contributed by atoms with Crippen molar-refractivity contribution in [2.75, 3.05) is 5.32 Å². The molecule has 0 saturated carbocycles. The standard InChI is InChI=1S/C9H5Cl2N5O2/c10-5-3-13-9(11)15-8(5)14-6-1-2-12-4-7(6)16(17)18/h1-4H,(H,12,13,14,15). The van der Waals surface area contributed by atoms with Gasteiger partial charge in [0.05, 0.1) is 11.1 Å². The monoisotopic (exact) mass is 285 g/mol. The lowest BCUT2D eigenvalue weighted by atomic mass is 10.3. The van der Waals surface area contributed by atoms with Gasteiger partial charge in [-0.25, -0.2) is 4.98 Å². The summed E-state index contributed by atoms with van der Waals surface area (Å²) < 4.78 is 0. The van der Waals surface area contributed by atoms with Gasteiger partial charge in [0.15, 0.2) is 5.82 Å². The molecular formula is C9H5Cl2N5O2. The Bertz CT molecular complexity index is 607. The predicted octanol–water partition coefficient (Wildman–Crippen LogP) is 2.83. The quantitative estimate of drug-likeness (QED) is 0.529. The van der Waals surface area contributed by atoms with Crippen LogP contribution in [0.1, 0.15) is 0 Å². The van der Waals surface area contributed by atoms with E-state index in [-0.39, 0.29) is 27.5 Å². The fraction of sp³-hybridized carbons (Fsp3) is 0. The fourth-order valence-electron chi connectivity index (χ4n) is 1.20. The molecule has 2 aromatic rings. The molecule has 0 fully saturated rings. The van der Waals surface area contributed by atoms with Crippen LogP contribution in [-0.2, 0) is 0 Å². The van der Waals surface area contributed by atoms with Gasteiger partial charge in [0.25, 0.3) is 0 Å². The second-order valence-corrected chi connectivity index (χ2v) is 3.86. The van der Waals surface area contributed by atoms with E-state index in [1.54, 1.807) is 0 Å². The maximum absolute atomic E-state index is 10.8. The summed E-state index contributed by atoms with van der Waals surface area (Å²) in [6, 6.07) is 1.43. The van der Waals surface area contributed by atoms with Crippen molar-refractivity contribution in [3.8, 4) is 0 Å². The maximum atomic E-state index is 10.8. The molecule has 0 bridgehead atoms. The molecule has 2 rings (SSSR count). The minimum atomic E-state index is -0.563. The van der Waals surface area contributed by atoms with Crippen LogP contribution in [0.2, 0.25) is 10.3 Å². The summed E-state index contributed by atoms with van der Waals surface area (Å²) >= 11 is 11.5. The van der Waals surface area contributed by atoms with Gasteiger partial charge in [-0.1, -0.05) is 11.6 Å². The van der Waals surface area contributed by atoms with Crippen LogP contribution in [0.5, 0.6) is 0 Å². The Hall–Kier alpha value is -1.99. The van der Waals surface area contributed by atoms with Gasteiger partial charge in [-0.05, 0) is 17.7 Å². The van der Waals surface area contributed by atoms with E-state index in [1.807, 2.05) is 0 Å². The number of hydrogen-bond acceptors (Lipinski definition) is 6. The molecule has 0 aliphatic rings. The van der Waals surface area contributed by atoms with Crippen LogP contribution in [0.25, 0.3) is 0 Å². The van der Waals surface area contributed by atoms with Gasteiger partial charge in [0, 0.05) is 6.20 Å². The average Bonchev–Trinajstić information content (AvgIpc) is 2.34. The highest BCUT2D eigenvalue weighted by Gasteiger charge is 2.15. The van der Waals surface area contributed by atoms with Crippen molar-refractivity contribution >= 4 is 40.4 Å². The summed E-state index contributed by atoms with van der Waals surface area (Å²) in [5.74, 6) is 0.186. The van der Waals surface area contributed by atoms with Crippen molar-refractivity contribution in [1.82, 2.24) is 15.0 Å². The topological polar surface area (TPSA) is 93.8 Å². The van der Waals surface area contributed by atoms with Crippen molar-refractivity contribution in [2.24, 2.45) is 0 Å². The number of rotatable bonds is 3. The highest BCUT2D eigenvalue weighted by molar-refractivity contribution is 6.33. The third-order valence-corrected chi connectivity index (χ3v) is 2.42. The Kier molecular flexibility index (Phi) is 3.54. The number of halogens is 2. The lowest BCUT2D eigenvalue weighted by Gasteiger charge is -2.07. The van der Waals surface area contributed by atoms with Crippen molar-refractivity contribution in [1.29, 1.82) is 0 Å². The van der Waals surface area contributed by atoms with E-state index < -0.39 is 4.92 Å². The van der Waals surface area contributed by atoms with E-state index in [9.17, 15) is 10.1 Å². The summed E-state index contributed by atoms with van der Waals surface area (Å²) in [4.78, 5) is 21.4. The van der Waals surface area contributed by atoms with Crippen LogP contribution in [0.3, 0.4) is 0 Å². The molecular weight excluding hydrogens is 281 g/mol. The Labute approximate surface area is 111 Å². The summed E-state index contributed by atoms with van der Waals surface area (Å²) in [5, 5.41) is 13.7. The van der Waals surface area contributed by atoms with Crippen LogP contribution in [0, 0.1) is 10.1 Å². The summed E-state index contributed by atoms with van der Waals surface area (Å²) in [5.41, 5.74) is 0.0231. The largest absolute Gasteiger partial charge is 0.333 e. The average molecular weight is 286 g/mol. The van der Waals surface area contributed by atoms with Crippen molar-refractivity contribution < 1.29 is 4.92 Å². The van der Waals surface area contributed by atoms with Crippen molar-refractivity contribution in [2.45, 2.75) is 0 Å². The number of aromatic nitrogens is 3. The Morgan fingerprint density at radius 2 is 2.11 bits per heavy atom. The Morgan fingerprint density at radius 3 is 2.83 bits per heavy atom. The lowest BCUT2D eigenvalue weighted by Crippen LogP contribution is -2.00. The molecule has 0 spiro atoms. The normalized spacial score (nSPS) is 10.1. The van der Waals surface area contributed by atoms with Crippen LogP contribution >= 0.6 is 23.2 Å². The van der Waals surface area contributed by atoms with Crippen molar-refractivity contribution in [3.05, 3.63) is 45.1 Å². The molecule has 0 aromatic carbocycles. The van der Waals surface area contributed by atoms with Crippen molar-refractivity contribution in [3.63, 3.8) is 0 Å². The molecule has 92 valence electrons. The minimum absolute atomic E-state index is 0.0152. The third kappa shape index (κ3) is 2.63. The van der Waals surface area contributed by atoms with Crippen LogP contribution in [-0.4, -0.2) is 19.9 Å². The number of anilines is 2. The first-order chi connectivity index (χ1) is 8.58. The Balaban J connectivity index is 2.40. The van der Waals surface area contributed by atoms with Crippen LogP contribution in [0.15, 0.2) is 24.7 Å². The van der Waals surface area contributed by atoms with Gasteiger partial charge in [-0.3, -0.25) is 15.1 Å². The van der Waals surface area contributed by atoms with E-state index in [0.29, 0.717) is 0 Å². The molecule has 0 aliphatic carbocycles. The van der Waals surface area contributed by atoms with E-state index in [4.69, 9.17) is 23.2 Å². The van der Waals surface area contributed by atoms with Gasteiger partial charge >= 0.3 is 5.69 Å². The molecule has 9 heteroatoms. The SMILES string of the molecule is O=[N+]([O-])c1cnccc1Nc1nc(Cl)ncc1Cl. The van der Waals surface area contributed by atoms with Gasteiger partial charge in [0.2, 0.25) is 5.28 Å². The van der Waals surface area contributed by atoms with E-state index in [1.165, 1.54) is 18.5 Å². The Morgan fingerprint density at radius 1 is 1.33 bits per heavy atom. The third-order valence-electron chi connectivity index (χ3n) is 1.96. The van der Waals surface area contributed by atoms with E-state index in [0.717, 1.165) is 6.20 Å².